The number of nitrogens with one attached hydrogen (secondary N) is 1. The van der Waals surface area contributed by atoms with Crippen LogP contribution in [-0.4, -0.2) is 49.9 Å². The van der Waals surface area contributed by atoms with Crippen LogP contribution in [0.15, 0.2) is 60.8 Å². The monoisotopic (exact) mass is 571 g/mol. The van der Waals surface area contributed by atoms with Crippen LogP contribution in [-0.2, 0) is 11.2 Å². The number of hydrogen-bond acceptors (Lipinski definition) is 8. The van der Waals surface area contributed by atoms with Crippen LogP contribution in [0.5, 0.6) is 28.7 Å². The standard InChI is InChI=1S/C28H29N3O6S.ClH/c1-34-23-10-7-17(12-22(23)31-28(33)21(29)11-16-5-8-19(32)9-6-16)20-15-30-38-27(20)18-13-24(35-2)26(37-4)25(14-18)36-3;/h5-10,12-15,21,32H,11,29H2,1-4H3,(H,31,33);1H/t21-;/m0./s1. The molecule has 0 bridgehead atoms. The number of carbonyl (C=O) groups excluding carboxylic acids is 1. The number of nitrogens with zero attached hydrogens (tertiary/aromatic N) is 1. The molecule has 4 aromatic rings. The van der Waals surface area contributed by atoms with E-state index in [1.165, 1.54) is 11.5 Å². The molecule has 0 unspecified atom stereocenters. The van der Waals surface area contributed by atoms with Crippen molar-refractivity contribution < 1.29 is 47.0 Å². The topological polar surface area (TPSA) is 127 Å². The minimum atomic E-state index is -0.550. The Morgan fingerprint density at radius 2 is 1.56 bits per heavy atom. The van der Waals surface area contributed by atoms with Crippen LogP contribution < -0.4 is 42.4 Å². The minimum Gasteiger partial charge on any atom is -1.00 e. The van der Waals surface area contributed by atoms with Crippen molar-refractivity contribution in [2.75, 3.05) is 33.8 Å². The lowest BCUT2D eigenvalue weighted by Gasteiger charge is -2.15. The number of aromatic hydroxyl groups is 1. The number of benzene rings is 3. The number of aromatic nitrogens is 1. The normalized spacial score (nSPS) is 11.2. The molecular formula is C28H30ClN3O6S. The van der Waals surface area contributed by atoms with Gasteiger partial charge in [-0.05, 0) is 59.1 Å². The number of quaternary nitrogens is 1. The van der Waals surface area contributed by atoms with Crippen molar-refractivity contribution in [2.45, 2.75) is 12.5 Å². The second kappa shape index (κ2) is 13.2. The summed E-state index contributed by atoms with van der Waals surface area (Å²) in [4.78, 5) is 13.9. The van der Waals surface area contributed by atoms with Gasteiger partial charge in [0.25, 0.3) is 5.91 Å². The molecular weight excluding hydrogens is 542 g/mol. The molecule has 0 radical (unpaired) electrons. The van der Waals surface area contributed by atoms with E-state index in [0.717, 1.165) is 27.1 Å². The SMILES string of the molecule is COc1ccc(-c2cnsc2-c2cc(OC)c(OC)c(OC)c2)cc1NC(=O)[C@@H]([NH3+])Cc1ccc(O)cc1.[Cl-]. The zero-order valence-corrected chi connectivity index (χ0v) is 23.6. The molecule has 1 aromatic heterocycles. The minimum absolute atomic E-state index is 0. The largest absolute Gasteiger partial charge is 1.00 e. The lowest BCUT2D eigenvalue weighted by Crippen LogP contribution is -3.00. The summed E-state index contributed by atoms with van der Waals surface area (Å²) >= 11 is 1.34. The van der Waals surface area contributed by atoms with Gasteiger partial charge >= 0.3 is 0 Å². The Kier molecular flexibility index (Phi) is 10.00. The van der Waals surface area contributed by atoms with Gasteiger partial charge in [0.05, 0.1) is 39.0 Å². The summed E-state index contributed by atoms with van der Waals surface area (Å²) in [6, 6.07) is 15.5. The maximum absolute atomic E-state index is 13.0. The van der Waals surface area contributed by atoms with E-state index in [1.54, 1.807) is 65.0 Å². The Morgan fingerprint density at radius 1 is 0.923 bits per heavy atom. The van der Waals surface area contributed by atoms with Crippen LogP contribution in [0.2, 0.25) is 0 Å². The van der Waals surface area contributed by atoms with E-state index < -0.39 is 6.04 Å². The summed E-state index contributed by atoms with van der Waals surface area (Å²) in [5.74, 6) is 2.04. The molecule has 0 aliphatic heterocycles. The van der Waals surface area contributed by atoms with Crippen molar-refractivity contribution in [1.82, 2.24) is 4.37 Å². The van der Waals surface area contributed by atoms with Gasteiger partial charge in [-0.15, -0.1) is 0 Å². The van der Waals surface area contributed by atoms with Crippen LogP contribution in [0, 0.1) is 0 Å². The fourth-order valence-corrected chi connectivity index (χ4v) is 4.84. The van der Waals surface area contributed by atoms with E-state index in [4.69, 9.17) is 18.9 Å². The molecule has 1 atom stereocenters. The van der Waals surface area contributed by atoms with Crippen molar-refractivity contribution in [3.8, 4) is 50.3 Å². The zero-order valence-electron chi connectivity index (χ0n) is 22.0. The molecule has 206 valence electrons. The van der Waals surface area contributed by atoms with Gasteiger partial charge in [0, 0.05) is 23.7 Å². The third-order valence-electron chi connectivity index (χ3n) is 6.05. The lowest BCUT2D eigenvalue weighted by molar-refractivity contribution is -0.402. The maximum Gasteiger partial charge on any atom is 0.282 e. The predicted molar refractivity (Wildman–Crippen MR) is 146 cm³/mol. The van der Waals surface area contributed by atoms with E-state index in [9.17, 15) is 9.90 Å². The van der Waals surface area contributed by atoms with Crippen LogP contribution in [0.3, 0.4) is 0 Å². The van der Waals surface area contributed by atoms with Crippen LogP contribution >= 0.6 is 11.5 Å². The van der Waals surface area contributed by atoms with E-state index in [2.05, 4.69) is 15.4 Å². The summed E-state index contributed by atoms with van der Waals surface area (Å²) in [6.45, 7) is 0. The molecule has 3 aromatic carbocycles. The molecule has 0 saturated heterocycles. The Morgan fingerprint density at radius 3 is 2.15 bits per heavy atom. The highest BCUT2D eigenvalue weighted by atomic mass is 35.5. The third-order valence-corrected chi connectivity index (χ3v) is 6.90. The molecule has 0 aliphatic carbocycles. The maximum atomic E-state index is 13.0. The quantitative estimate of drug-likeness (QED) is 0.259. The second-order valence-corrected chi connectivity index (χ2v) is 9.26. The average molecular weight is 572 g/mol. The van der Waals surface area contributed by atoms with Crippen LogP contribution in [0.4, 0.5) is 5.69 Å². The Labute approximate surface area is 237 Å². The van der Waals surface area contributed by atoms with Crippen molar-refractivity contribution in [2.24, 2.45) is 0 Å². The first kappa shape index (κ1) is 29.6. The molecule has 0 spiro atoms. The van der Waals surface area contributed by atoms with Gasteiger partial charge in [-0.1, -0.05) is 18.2 Å². The Bertz CT molecular complexity index is 1400. The highest BCUT2D eigenvalue weighted by molar-refractivity contribution is 7.10. The number of anilines is 1. The number of phenols is 1. The zero-order chi connectivity index (χ0) is 27.2. The molecule has 4 rings (SSSR count). The molecule has 39 heavy (non-hydrogen) atoms. The smallest absolute Gasteiger partial charge is 0.282 e. The number of rotatable bonds is 10. The number of ether oxygens (including phenoxy) is 4. The molecule has 1 heterocycles. The molecule has 0 fully saturated rings. The van der Waals surface area contributed by atoms with Gasteiger partial charge in [-0.3, -0.25) is 4.79 Å². The van der Waals surface area contributed by atoms with Gasteiger partial charge in [0.15, 0.2) is 17.5 Å². The second-order valence-electron chi connectivity index (χ2n) is 8.45. The predicted octanol–water partition coefficient (Wildman–Crippen LogP) is 1.01. The summed E-state index contributed by atoms with van der Waals surface area (Å²) in [7, 11) is 6.26. The fraction of sp³-hybridized carbons (Fsp3) is 0.214. The third kappa shape index (κ3) is 6.54. The molecule has 1 amide bonds. The van der Waals surface area contributed by atoms with Crippen molar-refractivity contribution in [1.29, 1.82) is 0 Å². The van der Waals surface area contributed by atoms with Crippen molar-refractivity contribution in [3.63, 3.8) is 0 Å². The van der Waals surface area contributed by atoms with Gasteiger partial charge in [-0.2, -0.15) is 4.37 Å². The van der Waals surface area contributed by atoms with E-state index >= 15 is 0 Å². The molecule has 9 nitrogen and oxygen atoms in total. The number of halogens is 1. The highest BCUT2D eigenvalue weighted by Gasteiger charge is 2.22. The van der Waals surface area contributed by atoms with Gasteiger partial charge in [0.1, 0.15) is 11.5 Å². The van der Waals surface area contributed by atoms with Crippen molar-refractivity contribution >= 4 is 23.1 Å². The van der Waals surface area contributed by atoms with E-state index in [0.29, 0.717) is 35.1 Å². The first-order valence-corrected chi connectivity index (χ1v) is 12.5. The van der Waals surface area contributed by atoms with Crippen molar-refractivity contribution in [3.05, 3.63) is 66.4 Å². The summed E-state index contributed by atoms with van der Waals surface area (Å²) in [6.07, 6.45) is 2.21. The van der Waals surface area contributed by atoms with Gasteiger partial charge in [0.2, 0.25) is 5.75 Å². The first-order valence-electron chi connectivity index (χ1n) is 11.7. The highest BCUT2D eigenvalue weighted by Crippen LogP contribution is 2.45. The van der Waals surface area contributed by atoms with Gasteiger partial charge < -0.3 is 47.5 Å². The summed E-state index contributed by atoms with van der Waals surface area (Å²) in [5.41, 5.74) is 8.02. The number of phenolic OH excluding ortho intramolecular Hbond substituents is 1. The summed E-state index contributed by atoms with van der Waals surface area (Å²) < 4.78 is 26.4. The van der Waals surface area contributed by atoms with Crippen LogP contribution in [0.25, 0.3) is 21.6 Å². The average Bonchev–Trinajstić information content (AvgIpc) is 3.43. The molecule has 11 heteroatoms. The number of hydrogen-bond donors (Lipinski definition) is 3. The molecule has 0 saturated carbocycles. The Balaban J connectivity index is 0.00000420. The fourth-order valence-electron chi connectivity index (χ4n) is 4.08. The van der Waals surface area contributed by atoms with Crippen LogP contribution in [0.1, 0.15) is 5.56 Å². The molecule has 0 aliphatic rings. The number of methoxy groups -OCH3 is 4. The summed E-state index contributed by atoms with van der Waals surface area (Å²) in [5, 5.41) is 12.5. The van der Waals surface area contributed by atoms with E-state index in [-0.39, 0.29) is 24.1 Å². The lowest BCUT2D eigenvalue weighted by atomic mass is 10.0. The number of carbonyl (C=O) groups is 1. The van der Waals surface area contributed by atoms with E-state index in [1.807, 2.05) is 24.3 Å². The number of amides is 1. The van der Waals surface area contributed by atoms with Gasteiger partial charge in [-0.25, -0.2) is 0 Å². The Hall–Kier alpha value is -3.99. The molecule has 5 N–H and O–H groups in total. The first-order chi connectivity index (χ1) is 18.4.